The molecule has 1 aliphatic heterocycles. The molecule has 0 aliphatic carbocycles. The zero-order valence-corrected chi connectivity index (χ0v) is 10.6. The molecule has 0 radical (unpaired) electrons. The Kier molecular flexibility index (Phi) is 3.81. The van der Waals surface area contributed by atoms with E-state index in [1.165, 1.54) is 0 Å². The number of hydrogen-bond acceptors (Lipinski definition) is 6. The van der Waals surface area contributed by atoms with Crippen molar-refractivity contribution in [3.63, 3.8) is 0 Å². The zero-order valence-electron chi connectivity index (χ0n) is 10.6. The molecule has 100 valence electrons. The first-order valence-corrected chi connectivity index (χ1v) is 5.96. The number of amides is 1. The Morgan fingerprint density at radius 3 is 3.00 bits per heavy atom. The smallest absolute Gasteiger partial charge is 0.278 e. The van der Waals surface area contributed by atoms with E-state index in [0.717, 1.165) is 12.8 Å². The summed E-state index contributed by atoms with van der Waals surface area (Å²) in [6.07, 6.45) is 1.68. The van der Waals surface area contributed by atoms with Crippen LogP contribution in [-0.4, -0.2) is 41.6 Å². The molecule has 1 aromatic heterocycles. The molecular formula is C11H17N3O4. The molecule has 1 amide bonds. The molecule has 1 aromatic rings. The van der Waals surface area contributed by atoms with Gasteiger partial charge in [-0.25, -0.2) is 4.63 Å². The minimum atomic E-state index is -0.689. The van der Waals surface area contributed by atoms with Gasteiger partial charge in [-0.15, -0.1) is 0 Å². The Bertz CT molecular complexity index is 412. The number of carbonyl (C=O) groups excluding carboxylic acids is 1. The van der Waals surface area contributed by atoms with E-state index in [4.69, 9.17) is 9.47 Å². The average molecular weight is 255 g/mol. The number of nitrogens with one attached hydrogen (secondary N) is 1. The van der Waals surface area contributed by atoms with Crippen LogP contribution in [0.15, 0.2) is 4.63 Å². The highest BCUT2D eigenvalue weighted by Crippen LogP contribution is 2.24. The normalized spacial score (nSPS) is 23.0. The van der Waals surface area contributed by atoms with Crippen molar-refractivity contribution in [3.05, 3.63) is 5.69 Å². The maximum atomic E-state index is 11.9. The topological polar surface area (TPSA) is 86.5 Å². The van der Waals surface area contributed by atoms with Crippen molar-refractivity contribution in [2.75, 3.05) is 19.8 Å². The third-order valence-electron chi connectivity index (χ3n) is 2.94. The van der Waals surface area contributed by atoms with Gasteiger partial charge in [0, 0.05) is 6.61 Å². The molecule has 7 nitrogen and oxygen atoms in total. The van der Waals surface area contributed by atoms with Gasteiger partial charge in [0.2, 0.25) is 0 Å². The molecule has 0 saturated carbocycles. The SMILES string of the molecule is Cc1nonc1OCCNC(=O)C1(C)CCCO1. The molecule has 2 heterocycles. The summed E-state index contributed by atoms with van der Waals surface area (Å²) >= 11 is 0. The van der Waals surface area contributed by atoms with Gasteiger partial charge in [0.25, 0.3) is 11.8 Å². The van der Waals surface area contributed by atoms with Crippen LogP contribution in [0, 0.1) is 6.92 Å². The third kappa shape index (κ3) is 2.79. The van der Waals surface area contributed by atoms with Gasteiger partial charge < -0.3 is 14.8 Å². The van der Waals surface area contributed by atoms with E-state index in [-0.39, 0.29) is 5.91 Å². The summed E-state index contributed by atoms with van der Waals surface area (Å²) < 4.78 is 15.2. The molecule has 1 N–H and O–H groups in total. The lowest BCUT2D eigenvalue weighted by Crippen LogP contribution is -2.45. The summed E-state index contributed by atoms with van der Waals surface area (Å²) in [5.74, 6) is 0.256. The fourth-order valence-electron chi connectivity index (χ4n) is 1.81. The summed E-state index contributed by atoms with van der Waals surface area (Å²) in [7, 11) is 0. The summed E-state index contributed by atoms with van der Waals surface area (Å²) in [5.41, 5.74) is -0.0989. The number of aromatic nitrogens is 2. The minimum Gasteiger partial charge on any atom is -0.472 e. The quantitative estimate of drug-likeness (QED) is 0.768. The van der Waals surface area contributed by atoms with E-state index < -0.39 is 5.60 Å². The molecule has 1 unspecified atom stereocenters. The number of aryl methyl sites for hydroxylation is 1. The molecule has 18 heavy (non-hydrogen) atoms. The molecule has 1 fully saturated rings. The van der Waals surface area contributed by atoms with Crippen LogP contribution in [0.1, 0.15) is 25.5 Å². The number of nitrogens with zero attached hydrogens (tertiary/aromatic N) is 2. The Balaban J connectivity index is 1.69. The average Bonchev–Trinajstić information content (AvgIpc) is 2.95. The third-order valence-corrected chi connectivity index (χ3v) is 2.94. The molecule has 1 aliphatic rings. The first-order chi connectivity index (χ1) is 8.62. The van der Waals surface area contributed by atoms with Crippen molar-refractivity contribution in [1.82, 2.24) is 15.6 Å². The summed E-state index contributed by atoms with van der Waals surface area (Å²) in [6.45, 7) is 4.89. The van der Waals surface area contributed by atoms with E-state index in [2.05, 4.69) is 20.3 Å². The second kappa shape index (κ2) is 5.34. The van der Waals surface area contributed by atoms with Gasteiger partial charge in [-0.1, -0.05) is 5.16 Å². The maximum absolute atomic E-state index is 11.9. The number of carbonyl (C=O) groups is 1. The predicted octanol–water partition coefficient (Wildman–Crippen LogP) is 0.442. The van der Waals surface area contributed by atoms with Crippen LogP contribution in [0.3, 0.4) is 0 Å². The Hall–Kier alpha value is -1.63. The number of ether oxygens (including phenoxy) is 2. The Labute approximate surface area is 105 Å². The maximum Gasteiger partial charge on any atom is 0.278 e. The van der Waals surface area contributed by atoms with Gasteiger partial charge in [-0.3, -0.25) is 4.79 Å². The summed E-state index contributed by atoms with van der Waals surface area (Å²) in [6, 6.07) is 0. The van der Waals surface area contributed by atoms with E-state index >= 15 is 0 Å². The molecule has 2 rings (SSSR count). The highest BCUT2D eigenvalue weighted by Gasteiger charge is 2.37. The van der Waals surface area contributed by atoms with Gasteiger partial charge in [-0.2, -0.15) is 0 Å². The summed E-state index contributed by atoms with van der Waals surface area (Å²) in [4.78, 5) is 11.9. The van der Waals surface area contributed by atoms with E-state index in [1.54, 1.807) is 6.92 Å². The second-order valence-electron chi connectivity index (χ2n) is 4.44. The van der Waals surface area contributed by atoms with Gasteiger partial charge in [0.05, 0.1) is 6.54 Å². The molecule has 0 aromatic carbocycles. The van der Waals surface area contributed by atoms with Crippen molar-refractivity contribution < 1.29 is 18.9 Å². The predicted molar refractivity (Wildman–Crippen MR) is 61.1 cm³/mol. The van der Waals surface area contributed by atoms with Crippen LogP contribution in [-0.2, 0) is 9.53 Å². The number of hydrogen-bond donors (Lipinski definition) is 1. The fourth-order valence-corrected chi connectivity index (χ4v) is 1.81. The lowest BCUT2D eigenvalue weighted by atomic mass is 10.0. The second-order valence-corrected chi connectivity index (χ2v) is 4.44. The molecule has 0 bridgehead atoms. The molecule has 0 spiro atoms. The highest BCUT2D eigenvalue weighted by molar-refractivity contribution is 5.84. The van der Waals surface area contributed by atoms with Crippen molar-refractivity contribution in [3.8, 4) is 5.88 Å². The molecule has 7 heteroatoms. The van der Waals surface area contributed by atoms with Crippen molar-refractivity contribution in [1.29, 1.82) is 0 Å². The van der Waals surface area contributed by atoms with Crippen LogP contribution in [0.25, 0.3) is 0 Å². The minimum absolute atomic E-state index is 0.0985. The van der Waals surface area contributed by atoms with E-state index in [0.29, 0.717) is 31.3 Å². The van der Waals surface area contributed by atoms with E-state index in [1.807, 2.05) is 6.92 Å². The molecule has 1 atom stereocenters. The van der Waals surface area contributed by atoms with Gasteiger partial charge in [0.1, 0.15) is 17.9 Å². The first kappa shape index (κ1) is 12.8. The van der Waals surface area contributed by atoms with Crippen molar-refractivity contribution in [2.24, 2.45) is 0 Å². The Morgan fingerprint density at radius 2 is 2.39 bits per heavy atom. The van der Waals surface area contributed by atoms with Crippen LogP contribution >= 0.6 is 0 Å². The van der Waals surface area contributed by atoms with Crippen molar-refractivity contribution >= 4 is 5.91 Å². The largest absolute Gasteiger partial charge is 0.472 e. The monoisotopic (exact) mass is 255 g/mol. The van der Waals surface area contributed by atoms with Gasteiger partial charge >= 0.3 is 0 Å². The van der Waals surface area contributed by atoms with Crippen LogP contribution in [0.2, 0.25) is 0 Å². The van der Waals surface area contributed by atoms with Crippen LogP contribution in [0.4, 0.5) is 0 Å². The zero-order chi connectivity index (χ0) is 13.0. The fraction of sp³-hybridized carbons (Fsp3) is 0.727. The van der Waals surface area contributed by atoms with Gasteiger partial charge in [0.15, 0.2) is 0 Å². The van der Waals surface area contributed by atoms with Crippen LogP contribution in [0.5, 0.6) is 5.88 Å². The number of rotatable bonds is 5. The molecule has 1 saturated heterocycles. The standard InChI is InChI=1S/C11H17N3O4/c1-8-9(14-18-13-8)16-7-5-12-10(15)11(2)4-3-6-17-11/h3-7H2,1-2H3,(H,12,15). The lowest BCUT2D eigenvalue weighted by Gasteiger charge is -2.21. The summed E-state index contributed by atoms with van der Waals surface area (Å²) in [5, 5.41) is 9.94. The van der Waals surface area contributed by atoms with E-state index in [9.17, 15) is 4.79 Å². The molecular weight excluding hydrogens is 238 g/mol. The first-order valence-electron chi connectivity index (χ1n) is 5.96. The van der Waals surface area contributed by atoms with Gasteiger partial charge in [-0.05, 0) is 31.8 Å². The lowest BCUT2D eigenvalue weighted by molar-refractivity contribution is -0.139. The van der Waals surface area contributed by atoms with Crippen molar-refractivity contribution in [2.45, 2.75) is 32.3 Å². The highest BCUT2D eigenvalue weighted by atomic mass is 16.6. The Morgan fingerprint density at radius 1 is 1.56 bits per heavy atom. The van der Waals surface area contributed by atoms with Crippen LogP contribution < -0.4 is 10.1 Å².